The summed E-state index contributed by atoms with van der Waals surface area (Å²) in [4.78, 5) is 46.0. The second-order valence-electron chi connectivity index (χ2n) is 14.6. The number of quaternary nitrogens is 1. The van der Waals surface area contributed by atoms with Crippen LogP contribution in [0.25, 0.3) is 0 Å². The number of nitrogens with zero attached hydrogens (tertiary/aromatic N) is 3. The van der Waals surface area contributed by atoms with E-state index in [2.05, 4.69) is 31.0 Å². The molecule has 0 aliphatic carbocycles. The minimum absolute atomic E-state index is 0.103. The lowest BCUT2D eigenvalue weighted by molar-refractivity contribution is -0.839. The Morgan fingerprint density at radius 2 is 1.51 bits per heavy atom. The van der Waals surface area contributed by atoms with Gasteiger partial charge in [-0.2, -0.15) is 13.2 Å². The Labute approximate surface area is 269 Å². The van der Waals surface area contributed by atoms with Crippen LogP contribution < -0.4 is 10.2 Å². The summed E-state index contributed by atoms with van der Waals surface area (Å²) in [6.07, 6.45) is -4.36. The molecule has 0 radical (unpaired) electrons. The molecule has 2 saturated heterocycles. The van der Waals surface area contributed by atoms with Gasteiger partial charge in [-0.3, -0.25) is 19.0 Å². The molecule has 2 aromatic carbocycles. The van der Waals surface area contributed by atoms with E-state index in [0.29, 0.717) is 23.8 Å². The van der Waals surface area contributed by atoms with Gasteiger partial charge in [0.25, 0.3) is 5.91 Å². The van der Waals surface area contributed by atoms with Crippen molar-refractivity contribution in [2.75, 3.05) is 38.6 Å². The van der Waals surface area contributed by atoms with Gasteiger partial charge in [-0.1, -0.05) is 44.5 Å². The molecule has 2 aliphatic heterocycles. The van der Waals surface area contributed by atoms with Crippen molar-refractivity contribution < 1.29 is 32.0 Å². The van der Waals surface area contributed by atoms with Crippen molar-refractivity contribution in [2.24, 2.45) is 11.3 Å². The number of amides is 3. The highest BCUT2D eigenvalue weighted by molar-refractivity contribution is 6.30. The van der Waals surface area contributed by atoms with E-state index in [0.717, 1.165) is 17.7 Å². The number of nitrogens with one attached hydrogen (secondary N) is 1. The normalized spacial score (nSPS) is 26.1. The molecule has 1 N–H and O–H groups in total. The van der Waals surface area contributed by atoms with Gasteiger partial charge in [-0.15, -0.1) is 0 Å². The Morgan fingerprint density at radius 1 is 0.933 bits per heavy atom. The van der Waals surface area contributed by atoms with Gasteiger partial charge < -0.3 is 10.2 Å². The summed E-state index contributed by atoms with van der Waals surface area (Å²) in [7, 11) is 3.28. The lowest BCUT2D eigenvalue weighted by Gasteiger charge is -2.37. The third-order valence-electron chi connectivity index (χ3n) is 9.41. The molecule has 0 saturated carbocycles. The Hall–Kier alpha value is -2.95. The number of hydrogen-bond acceptors (Lipinski definition) is 4. The molecule has 0 bridgehead atoms. The lowest BCUT2D eigenvalue weighted by Crippen LogP contribution is -2.61. The van der Waals surface area contributed by atoms with Gasteiger partial charge in [0, 0.05) is 54.1 Å². The number of hydrogen-bond donors (Lipinski definition) is 1. The van der Waals surface area contributed by atoms with Crippen LogP contribution in [-0.4, -0.2) is 78.5 Å². The zero-order valence-electron chi connectivity index (χ0n) is 27.3. The predicted octanol–water partition coefficient (Wildman–Crippen LogP) is 6.11. The van der Waals surface area contributed by atoms with Crippen LogP contribution in [0.15, 0.2) is 48.5 Å². The molecule has 2 aliphatic rings. The molecule has 45 heavy (non-hydrogen) atoms. The van der Waals surface area contributed by atoms with Crippen molar-refractivity contribution in [3.05, 3.63) is 64.7 Å². The van der Waals surface area contributed by atoms with Crippen molar-refractivity contribution in [3.8, 4) is 0 Å². The number of halogens is 4. The third kappa shape index (κ3) is 7.08. The van der Waals surface area contributed by atoms with E-state index in [1.54, 1.807) is 27.8 Å². The number of alkyl halides is 3. The summed E-state index contributed by atoms with van der Waals surface area (Å²) in [5.41, 5.74) is -0.622. The van der Waals surface area contributed by atoms with Crippen molar-refractivity contribution in [1.29, 1.82) is 0 Å². The number of anilines is 1. The van der Waals surface area contributed by atoms with E-state index >= 15 is 0 Å². The van der Waals surface area contributed by atoms with Crippen LogP contribution in [-0.2, 0) is 20.6 Å². The highest BCUT2D eigenvalue weighted by Gasteiger charge is 2.59. The number of benzene rings is 2. The highest BCUT2D eigenvalue weighted by atomic mass is 35.5. The predicted molar refractivity (Wildman–Crippen MR) is 170 cm³/mol. The number of carbonyl (C=O) groups is 3. The summed E-state index contributed by atoms with van der Waals surface area (Å²) in [6.45, 7) is 12.8. The number of likely N-dealkylation sites (N-methyl/N-ethyl adjacent to an activating group) is 2. The van der Waals surface area contributed by atoms with Crippen LogP contribution >= 0.6 is 11.6 Å². The quantitative estimate of drug-likeness (QED) is 0.397. The van der Waals surface area contributed by atoms with E-state index in [1.165, 1.54) is 24.1 Å². The van der Waals surface area contributed by atoms with Crippen LogP contribution in [0.5, 0.6) is 0 Å². The SMILES string of the molecule is CNC(=O)[C@@H]1C[C@H](N(C(=O)C(C)(C)C)c2ccc(C(F)(F)F)cc2)C[N+]1(C)C(=O)[C@@H]1CN(C(C)(C)C)C[C@H]1c1ccc(Cl)cc1. The zero-order valence-corrected chi connectivity index (χ0v) is 28.1. The first-order valence-corrected chi connectivity index (χ1v) is 15.7. The lowest BCUT2D eigenvalue weighted by atomic mass is 9.87. The summed E-state index contributed by atoms with van der Waals surface area (Å²) < 4.78 is 39.9. The Balaban J connectivity index is 1.77. The van der Waals surface area contributed by atoms with Gasteiger partial charge in [0.2, 0.25) is 5.91 Å². The second-order valence-corrected chi connectivity index (χ2v) is 15.1. The molecule has 0 aromatic heterocycles. The van der Waals surface area contributed by atoms with E-state index < -0.39 is 35.2 Å². The second kappa shape index (κ2) is 12.3. The molecular formula is C34H45ClF3N4O3+. The molecule has 11 heteroatoms. The Bertz CT molecular complexity index is 1420. The molecule has 4 rings (SSSR count). The molecule has 2 aromatic rings. The number of likely N-dealkylation sites (tertiary alicyclic amines) is 2. The standard InChI is InChI=1S/C34H44ClF3N4O3/c1-32(2,3)31(45)41(24-15-11-22(12-16-24)34(36,37)38)25-17-28(29(43)39-7)42(8,20-25)30(44)27-19-40(33(4,5)6)18-26(27)21-9-13-23(35)14-10-21/h9-16,25-28H,17-20H2,1-8H3/p+1/t25-,26-,27+,28-,42?/m0/s1. The van der Waals surface area contributed by atoms with E-state index in [9.17, 15) is 27.6 Å². The summed E-state index contributed by atoms with van der Waals surface area (Å²) in [5.74, 6) is -1.32. The highest BCUT2D eigenvalue weighted by Crippen LogP contribution is 2.42. The molecule has 5 atom stereocenters. The van der Waals surface area contributed by atoms with Gasteiger partial charge in [-0.25, -0.2) is 4.79 Å². The molecule has 2 heterocycles. The van der Waals surface area contributed by atoms with Crippen molar-refractivity contribution in [3.63, 3.8) is 0 Å². The van der Waals surface area contributed by atoms with Gasteiger partial charge in [0.1, 0.15) is 6.54 Å². The average Bonchev–Trinajstić information content (AvgIpc) is 3.55. The Kier molecular flexibility index (Phi) is 9.57. The summed E-state index contributed by atoms with van der Waals surface area (Å²) >= 11 is 6.19. The minimum Gasteiger partial charge on any atom is -0.354 e. The van der Waals surface area contributed by atoms with E-state index in [1.807, 2.05) is 24.3 Å². The van der Waals surface area contributed by atoms with Crippen molar-refractivity contribution >= 4 is 35.0 Å². The molecule has 7 nitrogen and oxygen atoms in total. The van der Waals surface area contributed by atoms with Crippen LogP contribution in [0.4, 0.5) is 18.9 Å². The zero-order chi connectivity index (χ0) is 33.7. The van der Waals surface area contributed by atoms with Crippen LogP contribution in [0.2, 0.25) is 5.02 Å². The van der Waals surface area contributed by atoms with E-state index in [-0.39, 0.29) is 46.6 Å². The number of carbonyl (C=O) groups excluding carboxylic acids is 3. The van der Waals surface area contributed by atoms with Crippen molar-refractivity contribution in [1.82, 2.24) is 10.2 Å². The molecule has 3 amide bonds. The first kappa shape index (κ1) is 34.9. The topological polar surface area (TPSA) is 69.7 Å². The van der Waals surface area contributed by atoms with Crippen LogP contribution in [0, 0.1) is 11.3 Å². The van der Waals surface area contributed by atoms with Gasteiger partial charge in [0.05, 0.1) is 24.6 Å². The van der Waals surface area contributed by atoms with Crippen molar-refractivity contribution in [2.45, 2.75) is 77.7 Å². The largest absolute Gasteiger partial charge is 0.416 e. The maximum Gasteiger partial charge on any atom is 0.416 e. The number of rotatable bonds is 5. The average molecular weight is 650 g/mol. The summed E-state index contributed by atoms with van der Waals surface area (Å²) in [6, 6.07) is 10.6. The Morgan fingerprint density at radius 3 is 2.00 bits per heavy atom. The van der Waals surface area contributed by atoms with Gasteiger partial charge >= 0.3 is 12.1 Å². The molecule has 1 unspecified atom stereocenters. The minimum atomic E-state index is -4.53. The first-order chi connectivity index (χ1) is 20.7. The van der Waals surface area contributed by atoms with E-state index in [4.69, 9.17) is 11.6 Å². The third-order valence-corrected chi connectivity index (χ3v) is 9.66. The molecular weight excluding hydrogens is 605 g/mol. The molecule has 246 valence electrons. The fourth-order valence-electron chi connectivity index (χ4n) is 6.79. The summed E-state index contributed by atoms with van der Waals surface area (Å²) in [5, 5.41) is 3.31. The van der Waals surface area contributed by atoms with Crippen LogP contribution in [0.3, 0.4) is 0 Å². The van der Waals surface area contributed by atoms with Crippen LogP contribution in [0.1, 0.15) is 65.0 Å². The fourth-order valence-corrected chi connectivity index (χ4v) is 6.91. The van der Waals surface area contributed by atoms with Gasteiger partial charge in [0.15, 0.2) is 6.04 Å². The fraction of sp³-hybridized carbons (Fsp3) is 0.559. The maximum absolute atomic E-state index is 14.9. The molecule has 2 fully saturated rings. The maximum atomic E-state index is 14.9. The monoisotopic (exact) mass is 649 g/mol. The first-order valence-electron chi connectivity index (χ1n) is 15.3. The molecule has 0 spiro atoms. The van der Waals surface area contributed by atoms with Gasteiger partial charge in [-0.05, 0) is 62.7 Å². The smallest absolute Gasteiger partial charge is 0.354 e.